The molecule has 1 atom stereocenters. The molecule has 31 heavy (non-hydrogen) atoms. The van der Waals surface area contributed by atoms with Crippen LogP contribution in [0.25, 0.3) is 0 Å². The van der Waals surface area contributed by atoms with Crippen molar-refractivity contribution < 1.29 is 13.2 Å². The van der Waals surface area contributed by atoms with E-state index in [0.717, 1.165) is 28.8 Å². The number of sulfonamides is 1. The highest BCUT2D eigenvalue weighted by molar-refractivity contribution is 7.92. The van der Waals surface area contributed by atoms with Crippen molar-refractivity contribution in [2.24, 2.45) is 0 Å². The van der Waals surface area contributed by atoms with Crippen LogP contribution in [0.5, 0.6) is 0 Å². The SMILES string of the molecule is CCc1cccc(C)c1NC(=O)c1ccc2c(c1)CC(C)N2S(=O)(=O)c1ccccc1. The van der Waals surface area contributed by atoms with E-state index in [9.17, 15) is 13.2 Å². The molecule has 3 aromatic carbocycles. The summed E-state index contributed by atoms with van der Waals surface area (Å²) in [5.41, 5.74) is 4.97. The van der Waals surface area contributed by atoms with Crippen molar-refractivity contribution in [3.05, 3.63) is 89.0 Å². The zero-order valence-electron chi connectivity index (χ0n) is 17.9. The van der Waals surface area contributed by atoms with E-state index in [-0.39, 0.29) is 16.8 Å². The van der Waals surface area contributed by atoms with E-state index in [1.54, 1.807) is 42.5 Å². The zero-order chi connectivity index (χ0) is 22.2. The lowest BCUT2D eigenvalue weighted by Gasteiger charge is -2.24. The molecule has 0 saturated heterocycles. The standard InChI is InChI=1S/C25H26N2O3S/c1-4-19-10-8-9-17(2)24(19)26-25(28)20-13-14-23-21(16-20)15-18(3)27(23)31(29,30)22-11-6-5-7-12-22/h5-14,16,18H,4,15H2,1-3H3,(H,26,28). The molecule has 5 nitrogen and oxygen atoms in total. The Bertz CT molecular complexity index is 1240. The van der Waals surface area contributed by atoms with Gasteiger partial charge in [0.15, 0.2) is 0 Å². The predicted molar refractivity (Wildman–Crippen MR) is 124 cm³/mol. The number of nitrogens with zero attached hydrogens (tertiary/aromatic N) is 1. The number of para-hydroxylation sites is 1. The number of carbonyl (C=O) groups excluding carboxylic acids is 1. The minimum Gasteiger partial charge on any atom is -0.321 e. The van der Waals surface area contributed by atoms with Gasteiger partial charge in [-0.15, -0.1) is 0 Å². The monoisotopic (exact) mass is 434 g/mol. The Kier molecular flexibility index (Phi) is 5.58. The van der Waals surface area contributed by atoms with Crippen LogP contribution in [0.3, 0.4) is 0 Å². The fourth-order valence-electron chi connectivity index (χ4n) is 4.20. The largest absolute Gasteiger partial charge is 0.321 e. The van der Waals surface area contributed by atoms with Crippen molar-refractivity contribution in [1.29, 1.82) is 0 Å². The van der Waals surface area contributed by atoms with Crippen LogP contribution in [0.2, 0.25) is 0 Å². The average molecular weight is 435 g/mol. The lowest BCUT2D eigenvalue weighted by molar-refractivity contribution is 0.102. The number of aryl methyl sites for hydroxylation is 2. The Hall–Kier alpha value is -3.12. The Morgan fingerprint density at radius 2 is 1.81 bits per heavy atom. The van der Waals surface area contributed by atoms with Crippen LogP contribution in [0, 0.1) is 6.92 Å². The highest BCUT2D eigenvalue weighted by Crippen LogP contribution is 2.37. The molecule has 1 amide bonds. The van der Waals surface area contributed by atoms with Crippen LogP contribution in [-0.4, -0.2) is 20.4 Å². The number of hydrogen-bond donors (Lipinski definition) is 1. The predicted octanol–water partition coefficient (Wildman–Crippen LogP) is 4.95. The summed E-state index contributed by atoms with van der Waals surface area (Å²) < 4.78 is 27.9. The van der Waals surface area contributed by atoms with Crippen LogP contribution in [0.4, 0.5) is 11.4 Å². The van der Waals surface area contributed by atoms with Crippen LogP contribution < -0.4 is 9.62 Å². The summed E-state index contributed by atoms with van der Waals surface area (Å²) in [4.78, 5) is 13.2. The Labute approximate surface area is 183 Å². The summed E-state index contributed by atoms with van der Waals surface area (Å²) in [5, 5.41) is 3.04. The van der Waals surface area contributed by atoms with Crippen LogP contribution in [0.15, 0.2) is 71.6 Å². The molecule has 6 heteroatoms. The summed E-state index contributed by atoms with van der Waals surface area (Å²) in [6, 6.07) is 19.5. The lowest BCUT2D eigenvalue weighted by Crippen LogP contribution is -2.35. The van der Waals surface area contributed by atoms with Gasteiger partial charge in [-0.3, -0.25) is 9.10 Å². The smallest absolute Gasteiger partial charge is 0.264 e. The zero-order valence-corrected chi connectivity index (χ0v) is 18.7. The van der Waals surface area contributed by atoms with Gasteiger partial charge in [0.25, 0.3) is 15.9 Å². The first-order chi connectivity index (χ1) is 14.8. The van der Waals surface area contributed by atoms with Gasteiger partial charge in [0, 0.05) is 17.3 Å². The average Bonchev–Trinajstić information content (AvgIpc) is 3.11. The van der Waals surface area contributed by atoms with Gasteiger partial charge >= 0.3 is 0 Å². The molecule has 160 valence electrons. The number of rotatable bonds is 5. The summed E-state index contributed by atoms with van der Waals surface area (Å²) in [6.45, 7) is 5.93. The molecule has 1 N–H and O–H groups in total. The van der Waals surface area contributed by atoms with Crippen molar-refractivity contribution in [1.82, 2.24) is 0 Å². The molecular formula is C25H26N2O3S. The summed E-state index contributed by atoms with van der Waals surface area (Å²) in [6.07, 6.45) is 1.39. The third-order valence-electron chi connectivity index (χ3n) is 5.77. The molecule has 0 spiro atoms. The number of fused-ring (bicyclic) bond motifs is 1. The molecule has 0 aromatic heterocycles. The first-order valence-corrected chi connectivity index (χ1v) is 11.9. The van der Waals surface area contributed by atoms with Gasteiger partial charge in [-0.25, -0.2) is 8.42 Å². The summed E-state index contributed by atoms with van der Waals surface area (Å²) >= 11 is 0. The fraction of sp³-hybridized carbons (Fsp3) is 0.240. The molecule has 0 radical (unpaired) electrons. The van der Waals surface area contributed by atoms with Crippen molar-refractivity contribution in [3.63, 3.8) is 0 Å². The maximum atomic E-state index is 13.2. The Morgan fingerprint density at radius 1 is 1.06 bits per heavy atom. The van der Waals surface area contributed by atoms with Gasteiger partial charge in [-0.2, -0.15) is 0 Å². The van der Waals surface area contributed by atoms with Gasteiger partial charge in [0.1, 0.15) is 0 Å². The first kappa shape index (κ1) is 21.1. The highest BCUT2D eigenvalue weighted by atomic mass is 32.2. The quantitative estimate of drug-likeness (QED) is 0.618. The highest BCUT2D eigenvalue weighted by Gasteiger charge is 2.36. The van der Waals surface area contributed by atoms with E-state index >= 15 is 0 Å². The number of nitrogens with one attached hydrogen (secondary N) is 1. The Balaban J connectivity index is 1.65. The molecule has 1 aliphatic heterocycles. The second kappa shape index (κ2) is 8.19. The summed E-state index contributed by atoms with van der Waals surface area (Å²) in [7, 11) is -3.66. The fourth-order valence-corrected chi connectivity index (χ4v) is 5.92. The molecule has 1 aliphatic rings. The maximum absolute atomic E-state index is 13.2. The van der Waals surface area contributed by atoms with Gasteiger partial charge in [0.05, 0.1) is 10.6 Å². The first-order valence-electron chi connectivity index (χ1n) is 10.4. The second-order valence-corrected chi connectivity index (χ2v) is 9.74. The van der Waals surface area contributed by atoms with E-state index in [0.29, 0.717) is 17.7 Å². The molecule has 3 aromatic rings. The molecule has 0 aliphatic carbocycles. The van der Waals surface area contributed by atoms with Crippen molar-refractivity contribution >= 4 is 27.3 Å². The van der Waals surface area contributed by atoms with E-state index in [2.05, 4.69) is 12.2 Å². The molecular weight excluding hydrogens is 408 g/mol. The molecule has 4 rings (SSSR count). The topological polar surface area (TPSA) is 66.5 Å². The van der Waals surface area contributed by atoms with Gasteiger partial charge in [-0.1, -0.05) is 43.3 Å². The van der Waals surface area contributed by atoms with E-state index in [1.165, 1.54) is 4.31 Å². The lowest BCUT2D eigenvalue weighted by atomic mass is 10.0. The number of benzene rings is 3. The van der Waals surface area contributed by atoms with Crippen molar-refractivity contribution in [3.8, 4) is 0 Å². The van der Waals surface area contributed by atoms with Gasteiger partial charge in [0.2, 0.25) is 0 Å². The second-order valence-electron chi connectivity index (χ2n) is 7.93. The minimum absolute atomic E-state index is 0.191. The third kappa shape index (κ3) is 3.83. The number of amides is 1. The maximum Gasteiger partial charge on any atom is 0.264 e. The number of anilines is 2. The van der Waals surface area contributed by atoms with Crippen molar-refractivity contribution in [2.45, 2.75) is 44.6 Å². The van der Waals surface area contributed by atoms with Crippen molar-refractivity contribution in [2.75, 3.05) is 9.62 Å². The minimum atomic E-state index is -3.66. The van der Waals surface area contributed by atoms with Gasteiger partial charge in [-0.05, 0) is 73.7 Å². The van der Waals surface area contributed by atoms with E-state index in [4.69, 9.17) is 0 Å². The van der Waals surface area contributed by atoms with Crippen LogP contribution in [-0.2, 0) is 22.9 Å². The summed E-state index contributed by atoms with van der Waals surface area (Å²) in [5.74, 6) is -0.191. The van der Waals surface area contributed by atoms with Crippen LogP contribution in [0.1, 0.15) is 40.9 Å². The molecule has 0 fully saturated rings. The molecule has 0 saturated carbocycles. The van der Waals surface area contributed by atoms with E-state index < -0.39 is 10.0 Å². The number of hydrogen-bond acceptors (Lipinski definition) is 3. The third-order valence-corrected chi connectivity index (χ3v) is 7.72. The Morgan fingerprint density at radius 3 is 2.52 bits per heavy atom. The normalized spacial score (nSPS) is 15.6. The van der Waals surface area contributed by atoms with Crippen LogP contribution >= 0.6 is 0 Å². The number of carbonyl (C=O) groups is 1. The molecule has 1 unspecified atom stereocenters. The molecule has 1 heterocycles. The molecule has 0 bridgehead atoms. The van der Waals surface area contributed by atoms with E-state index in [1.807, 2.05) is 38.1 Å². The van der Waals surface area contributed by atoms with Gasteiger partial charge < -0.3 is 5.32 Å².